The largest absolute Gasteiger partial charge is 0.481 e. The first-order chi connectivity index (χ1) is 10.1. The fraction of sp³-hybridized carbons (Fsp3) is 0.500. The number of hydrogen-bond acceptors (Lipinski definition) is 2. The Kier molecular flexibility index (Phi) is 3.89. The van der Waals surface area contributed by atoms with Gasteiger partial charge in [-0.3, -0.25) is 9.59 Å². The fourth-order valence-corrected chi connectivity index (χ4v) is 3.74. The summed E-state index contributed by atoms with van der Waals surface area (Å²) in [7, 11) is 0. The van der Waals surface area contributed by atoms with E-state index in [0.29, 0.717) is 24.4 Å². The van der Waals surface area contributed by atoms with Crippen LogP contribution in [0, 0.1) is 11.8 Å². The third-order valence-electron chi connectivity index (χ3n) is 4.61. The Morgan fingerprint density at radius 1 is 1.24 bits per heavy atom. The van der Waals surface area contributed by atoms with E-state index < -0.39 is 5.97 Å². The first kappa shape index (κ1) is 14.4. The fourth-order valence-electron chi connectivity index (χ4n) is 3.48. The molecule has 0 saturated heterocycles. The highest BCUT2D eigenvalue weighted by Gasteiger charge is 2.36. The second-order valence-corrected chi connectivity index (χ2v) is 6.28. The number of benzene rings is 1. The maximum atomic E-state index is 12.7. The highest BCUT2D eigenvalue weighted by Crippen LogP contribution is 2.37. The monoisotopic (exact) mass is 307 g/mol. The van der Waals surface area contributed by atoms with Gasteiger partial charge in [0.15, 0.2) is 0 Å². The van der Waals surface area contributed by atoms with Crippen LogP contribution in [0.2, 0.25) is 5.02 Å². The maximum absolute atomic E-state index is 12.7. The first-order valence-corrected chi connectivity index (χ1v) is 7.77. The van der Waals surface area contributed by atoms with Crippen LogP contribution in [0.3, 0.4) is 0 Å². The lowest BCUT2D eigenvalue weighted by Crippen LogP contribution is -2.38. The second kappa shape index (κ2) is 5.68. The predicted molar refractivity (Wildman–Crippen MR) is 80.6 cm³/mol. The molecule has 0 aromatic heterocycles. The van der Waals surface area contributed by atoms with Gasteiger partial charge in [-0.15, -0.1) is 0 Å². The Morgan fingerprint density at radius 2 is 2.00 bits per heavy atom. The highest BCUT2D eigenvalue weighted by atomic mass is 35.5. The van der Waals surface area contributed by atoms with Crippen molar-refractivity contribution < 1.29 is 14.7 Å². The molecule has 1 heterocycles. The Bertz CT molecular complexity index is 587. The number of amides is 1. The van der Waals surface area contributed by atoms with E-state index in [9.17, 15) is 9.59 Å². The number of fused-ring (bicyclic) bond motifs is 1. The van der Waals surface area contributed by atoms with Crippen molar-refractivity contribution in [2.24, 2.45) is 11.8 Å². The third kappa shape index (κ3) is 2.64. The minimum atomic E-state index is -0.780. The molecule has 1 aromatic carbocycles. The van der Waals surface area contributed by atoms with Crippen LogP contribution in [0.25, 0.3) is 0 Å². The quantitative estimate of drug-likeness (QED) is 0.913. The summed E-state index contributed by atoms with van der Waals surface area (Å²) in [6.45, 7) is 0.645. The molecule has 2 unspecified atom stereocenters. The van der Waals surface area contributed by atoms with Crippen LogP contribution in [0.4, 0.5) is 5.69 Å². The van der Waals surface area contributed by atoms with Crippen molar-refractivity contribution in [3.8, 4) is 0 Å². The molecule has 1 fully saturated rings. The molecule has 1 aliphatic heterocycles. The number of hydrogen-bond donors (Lipinski definition) is 1. The van der Waals surface area contributed by atoms with E-state index in [1.54, 1.807) is 4.90 Å². The van der Waals surface area contributed by atoms with Gasteiger partial charge >= 0.3 is 5.97 Å². The molecule has 0 bridgehead atoms. The molecule has 1 amide bonds. The van der Waals surface area contributed by atoms with Crippen molar-refractivity contribution in [1.29, 1.82) is 0 Å². The number of rotatable bonds is 2. The van der Waals surface area contributed by atoms with Gasteiger partial charge in [0.05, 0.1) is 5.92 Å². The minimum Gasteiger partial charge on any atom is -0.481 e. The lowest BCUT2D eigenvalue weighted by atomic mass is 9.80. The number of nitrogens with zero attached hydrogens (tertiary/aromatic N) is 1. The molecule has 2 atom stereocenters. The highest BCUT2D eigenvalue weighted by molar-refractivity contribution is 6.32. The van der Waals surface area contributed by atoms with E-state index in [0.717, 1.165) is 30.5 Å². The van der Waals surface area contributed by atoms with Crippen molar-refractivity contribution in [1.82, 2.24) is 0 Å². The van der Waals surface area contributed by atoms with Gasteiger partial charge in [-0.05, 0) is 43.4 Å². The summed E-state index contributed by atoms with van der Waals surface area (Å²) in [6.07, 6.45) is 3.51. The van der Waals surface area contributed by atoms with Crippen molar-refractivity contribution in [2.45, 2.75) is 32.1 Å². The first-order valence-electron chi connectivity index (χ1n) is 7.39. The van der Waals surface area contributed by atoms with E-state index >= 15 is 0 Å². The average molecular weight is 308 g/mol. The molecule has 4 nitrogen and oxygen atoms in total. The Balaban J connectivity index is 1.78. The Labute approximate surface area is 128 Å². The zero-order chi connectivity index (χ0) is 15.0. The van der Waals surface area contributed by atoms with Crippen LogP contribution in [0.15, 0.2) is 18.2 Å². The number of carbonyl (C=O) groups excluding carboxylic acids is 1. The zero-order valence-corrected chi connectivity index (χ0v) is 12.5. The molecular weight excluding hydrogens is 290 g/mol. The van der Waals surface area contributed by atoms with Crippen LogP contribution < -0.4 is 4.90 Å². The summed E-state index contributed by atoms with van der Waals surface area (Å²) < 4.78 is 0. The average Bonchev–Trinajstić information content (AvgIpc) is 2.92. The van der Waals surface area contributed by atoms with Crippen molar-refractivity contribution in [3.63, 3.8) is 0 Å². The summed E-state index contributed by atoms with van der Waals surface area (Å²) in [5, 5.41) is 9.86. The van der Waals surface area contributed by atoms with Gasteiger partial charge in [-0.2, -0.15) is 0 Å². The number of anilines is 1. The van der Waals surface area contributed by atoms with E-state index in [4.69, 9.17) is 16.7 Å². The molecule has 1 aliphatic carbocycles. The maximum Gasteiger partial charge on any atom is 0.306 e. The molecule has 5 heteroatoms. The van der Waals surface area contributed by atoms with Crippen LogP contribution in [0.5, 0.6) is 0 Å². The lowest BCUT2D eigenvalue weighted by Gasteiger charge is -2.29. The van der Waals surface area contributed by atoms with Gasteiger partial charge in [0.1, 0.15) is 0 Å². The molecule has 0 spiro atoms. The number of carboxylic acids is 1. The van der Waals surface area contributed by atoms with Crippen molar-refractivity contribution >= 4 is 29.2 Å². The number of aliphatic carboxylic acids is 1. The van der Waals surface area contributed by atoms with Crippen LogP contribution in [-0.2, 0) is 16.0 Å². The Morgan fingerprint density at radius 3 is 2.76 bits per heavy atom. The normalized spacial score (nSPS) is 24.7. The zero-order valence-electron chi connectivity index (χ0n) is 11.7. The predicted octanol–water partition coefficient (Wildman–Crippen LogP) is 3.12. The summed E-state index contributed by atoms with van der Waals surface area (Å²) in [4.78, 5) is 25.7. The summed E-state index contributed by atoms with van der Waals surface area (Å²) >= 11 is 6.17. The molecular formula is C16H18ClNO3. The van der Waals surface area contributed by atoms with Gasteiger partial charge in [-0.25, -0.2) is 0 Å². The number of carbonyl (C=O) groups is 2. The standard InChI is InChI=1S/C16H18ClNO3/c17-13-5-2-6-14-12(13)7-8-18(14)15(19)10-3-1-4-11(9-10)16(20)21/h2,5-6,10-11H,1,3-4,7-9H2,(H,20,21). The number of carboxylic acid groups (broad SMARTS) is 1. The lowest BCUT2D eigenvalue weighted by molar-refractivity contribution is -0.143. The van der Waals surface area contributed by atoms with Crippen LogP contribution in [0.1, 0.15) is 31.2 Å². The van der Waals surface area contributed by atoms with Gasteiger partial charge in [-0.1, -0.05) is 24.1 Å². The smallest absolute Gasteiger partial charge is 0.306 e. The number of halogens is 1. The summed E-state index contributed by atoms with van der Waals surface area (Å²) in [5.41, 5.74) is 1.92. The third-order valence-corrected chi connectivity index (χ3v) is 4.96. The van der Waals surface area contributed by atoms with Gasteiger partial charge in [0.2, 0.25) is 5.91 Å². The summed E-state index contributed by atoms with van der Waals surface area (Å²) in [6, 6.07) is 5.62. The minimum absolute atomic E-state index is 0.0574. The summed E-state index contributed by atoms with van der Waals surface area (Å²) in [5.74, 6) is -1.28. The van der Waals surface area contributed by atoms with Gasteiger partial charge in [0, 0.05) is 23.2 Å². The molecule has 0 radical (unpaired) electrons. The van der Waals surface area contributed by atoms with E-state index in [1.165, 1.54) is 0 Å². The molecule has 21 heavy (non-hydrogen) atoms. The van der Waals surface area contributed by atoms with Crippen LogP contribution in [-0.4, -0.2) is 23.5 Å². The molecule has 2 aliphatic rings. The molecule has 1 N–H and O–H groups in total. The molecule has 112 valence electrons. The Hall–Kier alpha value is -1.55. The van der Waals surface area contributed by atoms with Gasteiger partial charge in [0.25, 0.3) is 0 Å². The van der Waals surface area contributed by atoms with Crippen LogP contribution >= 0.6 is 11.6 Å². The van der Waals surface area contributed by atoms with E-state index in [1.807, 2.05) is 18.2 Å². The van der Waals surface area contributed by atoms with Gasteiger partial charge < -0.3 is 10.0 Å². The van der Waals surface area contributed by atoms with E-state index in [2.05, 4.69) is 0 Å². The SMILES string of the molecule is O=C(O)C1CCCC(C(=O)N2CCc3c(Cl)cccc32)C1. The van der Waals surface area contributed by atoms with Crippen molar-refractivity contribution in [2.75, 3.05) is 11.4 Å². The topological polar surface area (TPSA) is 57.6 Å². The molecule has 3 rings (SSSR count). The second-order valence-electron chi connectivity index (χ2n) is 5.88. The molecule has 1 saturated carbocycles. The van der Waals surface area contributed by atoms with Crippen molar-refractivity contribution in [3.05, 3.63) is 28.8 Å². The molecule has 1 aromatic rings. The van der Waals surface area contributed by atoms with E-state index in [-0.39, 0.29) is 17.7 Å².